The topological polar surface area (TPSA) is 75.3 Å². The van der Waals surface area contributed by atoms with Crippen LogP contribution in [0.1, 0.15) is 21.5 Å². The van der Waals surface area contributed by atoms with E-state index in [0.717, 1.165) is 11.1 Å². The molecule has 128 valence electrons. The maximum absolute atomic E-state index is 12.1. The van der Waals surface area contributed by atoms with E-state index in [9.17, 15) is 13.2 Å². The number of hydrogen-bond donors (Lipinski definition) is 2. The lowest BCUT2D eigenvalue weighted by Gasteiger charge is -2.09. The van der Waals surface area contributed by atoms with Crippen LogP contribution in [0.2, 0.25) is 5.02 Å². The molecule has 0 aromatic heterocycles. The van der Waals surface area contributed by atoms with Crippen LogP contribution in [0.4, 0.5) is 0 Å². The van der Waals surface area contributed by atoms with E-state index in [-0.39, 0.29) is 23.9 Å². The van der Waals surface area contributed by atoms with E-state index < -0.39 is 10.0 Å². The second kappa shape index (κ2) is 7.79. The Morgan fingerprint density at radius 3 is 2.29 bits per heavy atom. The van der Waals surface area contributed by atoms with Crippen LogP contribution >= 0.6 is 11.6 Å². The Bertz CT molecular complexity index is 833. The smallest absolute Gasteiger partial charge is 0.251 e. The normalized spacial score (nSPS) is 11.3. The van der Waals surface area contributed by atoms with Crippen LogP contribution in [0, 0.1) is 13.8 Å². The first-order chi connectivity index (χ1) is 11.3. The number of hydrogen-bond acceptors (Lipinski definition) is 3. The predicted octanol–water partition coefficient (Wildman–Crippen LogP) is 2.67. The number of aryl methyl sites for hydroxylation is 2. The molecule has 0 bridgehead atoms. The number of carbonyl (C=O) groups is 1. The molecule has 7 heteroatoms. The molecular formula is C17H19ClN2O3S. The van der Waals surface area contributed by atoms with E-state index in [0.29, 0.717) is 10.6 Å². The molecule has 0 saturated carbocycles. The van der Waals surface area contributed by atoms with Gasteiger partial charge in [-0.15, -0.1) is 0 Å². The Labute approximate surface area is 147 Å². The zero-order valence-electron chi connectivity index (χ0n) is 13.5. The molecule has 0 fully saturated rings. The standard InChI is InChI=1S/C17H19ClN2O3S/c1-12-3-4-14(11-13(12)2)17(21)19-9-10-20-24(22,23)16-7-5-15(18)6-8-16/h3-8,11,20H,9-10H2,1-2H3,(H,19,21). The van der Waals surface area contributed by atoms with Gasteiger partial charge in [0.25, 0.3) is 5.91 Å². The fourth-order valence-electron chi connectivity index (χ4n) is 2.04. The van der Waals surface area contributed by atoms with Gasteiger partial charge < -0.3 is 5.32 Å². The van der Waals surface area contributed by atoms with E-state index in [2.05, 4.69) is 10.0 Å². The Morgan fingerprint density at radius 1 is 1.00 bits per heavy atom. The first-order valence-electron chi connectivity index (χ1n) is 7.40. The summed E-state index contributed by atoms with van der Waals surface area (Å²) in [6, 6.07) is 11.3. The molecule has 0 radical (unpaired) electrons. The van der Waals surface area contributed by atoms with Crippen molar-refractivity contribution in [2.45, 2.75) is 18.7 Å². The molecule has 2 N–H and O–H groups in total. The van der Waals surface area contributed by atoms with Gasteiger partial charge in [0.1, 0.15) is 0 Å². The first kappa shape index (κ1) is 18.4. The van der Waals surface area contributed by atoms with Crippen molar-refractivity contribution in [3.8, 4) is 0 Å². The third kappa shape index (κ3) is 4.80. The molecule has 2 aromatic carbocycles. The predicted molar refractivity (Wildman–Crippen MR) is 94.9 cm³/mol. The van der Waals surface area contributed by atoms with Gasteiger partial charge in [-0.2, -0.15) is 0 Å². The number of halogens is 1. The summed E-state index contributed by atoms with van der Waals surface area (Å²) in [5.41, 5.74) is 2.70. The number of rotatable bonds is 6. The van der Waals surface area contributed by atoms with E-state index in [1.807, 2.05) is 26.0 Å². The Balaban J connectivity index is 1.86. The average molecular weight is 367 g/mol. The van der Waals surface area contributed by atoms with Crippen LogP contribution in [0.3, 0.4) is 0 Å². The lowest BCUT2D eigenvalue weighted by molar-refractivity contribution is 0.0954. The van der Waals surface area contributed by atoms with E-state index >= 15 is 0 Å². The molecule has 0 spiro atoms. The highest BCUT2D eigenvalue weighted by Gasteiger charge is 2.13. The molecule has 0 atom stereocenters. The number of carbonyl (C=O) groups excluding carboxylic acids is 1. The molecule has 0 aliphatic heterocycles. The quantitative estimate of drug-likeness (QED) is 0.772. The fourth-order valence-corrected chi connectivity index (χ4v) is 3.20. The van der Waals surface area contributed by atoms with Crippen molar-refractivity contribution in [2.24, 2.45) is 0 Å². The zero-order chi connectivity index (χ0) is 17.7. The SMILES string of the molecule is Cc1ccc(C(=O)NCCNS(=O)(=O)c2ccc(Cl)cc2)cc1C. The van der Waals surface area contributed by atoms with Crippen molar-refractivity contribution < 1.29 is 13.2 Å². The number of nitrogens with one attached hydrogen (secondary N) is 2. The van der Waals surface area contributed by atoms with Crippen molar-refractivity contribution in [3.63, 3.8) is 0 Å². The molecule has 0 aliphatic rings. The molecule has 0 heterocycles. The lowest BCUT2D eigenvalue weighted by Crippen LogP contribution is -2.34. The highest BCUT2D eigenvalue weighted by atomic mass is 35.5. The highest BCUT2D eigenvalue weighted by molar-refractivity contribution is 7.89. The number of benzene rings is 2. The van der Waals surface area contributed by atoms with Gasteiger partial charge in [-0.25, -0.2) is 13.1 Å². The summed E-state index contributed by atoms with van der Waals surface area (Å²) in [7, 11) is -3.61. The molecule has 2 aromatic rings. The Morgan fingerprint density at radius 2 is 1.67 bits per heavy atom. The minimum Gasteiger partial charge on any atom is -0.351 e. The maximum atomic E-state index is 12.1. The molecule has 0 aliphatic carbocycles. The van der Waals surface area contributed by atoms with Crippen molar-refractivity contribution in [1.82, 2.24) is 10.0 Å². The van der Waals surface area contributed by atoms with Gasteiger partial charge in [0.2, 0.25) is 10.0 Å². The fraction of sp³-hybridized carbons (Fsp3) is 0.235. The van der Waals surface area contributed by atoms with Gasteiger partial charge in [0, 0.05) is 23.7 Å². The average Bonchev–Trinajstić information content (AvgIpc) is 2.54. The molecule has 5 nitrogen and oxygen atoms in total. The van der Waals surface area contributed by atoms with Crippen molar-refractivity contribution in [3.05, 3.63) is 64.2 Å². The zero-order valence-corrected chi connectivity index (χ0v) is 15.0. The third-order valence-corrected chi connectivity index (χ3v) is 5.32. The number of amides is 1. The summed E-state index contributed by atoms with van der Waals surface area (Å²) in [4.78, 5) is 12.2. The second-order valence-electron chi connectivity index (χ2n) is 5.41. The maximum Gasteiger partial charge on any atom is 0.251 e. The summed E-state index contributed by atoms with van der Waals surface area (Å²) in [5, 5.41) is 3.16. The summed E-state index contributed by atoms with van der Waals surface area (Å²) in [5.74, 6) is -0.233. The summed E-state index contributed by atoms with van der Waals surface area (Å²) < 4.78 is 26.6. The van der Waals surface area contributed by atoms with Gasteiger partial charge in [0.15, 0.2) is 0 Å². The van der Waals surface area contributed by atoms with Crippen LogP contribution in [-0.4, -0.2) is 27.4 Å². The molecule has 0 unspecified atom stereocenters. The van der Waals surface area contributed by atoms with Gasteiger partial charge in [0.05, 0.1) is 4.90 Å². The van der Waals surface area contributed by atoms with E-state index in [4.69, 9.17) is 11.6 Å². The Hall–Kier alpha value is -1.89. The lowest BCUT2D eigenvalue weighted by atomic mass is 10.1. The molecule has 24 heavy (non-hydrogen) atoms. The second-order valence-corrected chi connectivity index (χ2v) is 7.61. The first-order valence-corrected chi connectivity index (χ1v) is 9.26. The Kier molecular flexibility index (Phi) is 5.99. The number of sulfonamides is 1. The van der Waals surface area contributed by atoms with Crippen LogP contribution in [0.15, 0.2) is 47.4 Å². The van der Waals surface area contributed by atoms with Gasteiger partial charge >= 0.3 is 0 Å². The molecule has 0 saturated heterocycles. The summed E-state index contributed by atoms with van der Waals surface area (Å²) in [6.45, 7) is 4.20. The summed E-state index contributed by atoms with van der Waals surface area (Å²) >= 11 is 5.74. The molecular weight excluding hydrogens is 348 g/mol. The van der Waals surface area contributed by atoms with Crippen molar-refractivity contribution in [1.29, 1.82) is 0 Å². The van der Waals surface area contributed by atoms with E-state index in [1.165, 1.54) is 24.3 Å². The van der Waals surface area contributed by atoms with Crippen LogP contribution in [-0.2, 0) is 10.0 Å². The van der Waals surface area contributed by atoms with Crippen LogP contribution in [0.5, 0.6) is 0 Å². The van der Waals surface area contributed by atoms with Crippen molar-refractivity contribution >= 4 is 27.5 Å². The monoisotopic (exact) mass is 366 g/mol. The van der Waals surface area contributed by atoms with Gasteiger partial charge in [-0.05, 0) is 61.4 Å². The minimum absolute atomic E-state index is 0.0988. The van der Waals surface area contributed by atoms with Crippen LogP contribution in [0.25, 0.3) is 0 Å². The summed E-state index contributed by atoms with van der Waals surface area (Å²) in [6.07, 6.45) is 0. The third-order valence-electron chi connectivity index (χ3n) is 3.60. The molecule has 1 amide bonds. The molecule has 2 rings (SSSR count). The van der Waals surface area contributed by atoms with E-state index in [1.54, 1.807) is 6.07 Å². The van der Waals surface area contributed by atoms with Gasteiger partial charge in [-0.1, -0.05) is 17.7 Å². The van der Waals surface area contributed by atoms with Crippen LogP contribution < -0.4 is 10.0 Å². The van der Waals surface area contributed by atoms with Gasteiger partial charge in [-0.3, -0.25) is 4.79 Å². The minimum atomic E-state index is -3.61. The van der Waals surface area contributed by atoms with Crippen molar-refractivity contribution in [2.75, 3.05) is 13.1 Å². The largest absolute Gasteiger partial charge is 0.351 e. The highest BCUT2D eigenvalue weighted by Crippen LogP contribution is 2.13.